The summed E-state index contributed by atoms with van der Waals surface area (Å²) < 4.78 is 6.36. The Morgan fingerprint density at radius 1 is 1.44 bits per heavy atom. The van der Waals surface area contributed by atoms with Gasteiger partial charge >= 0.3 is 0 Å². The average molecular weight is 327 g/mol. The Kier molecular flexibility index (Phi) is 5.28. The van der Waals surface area contributed by atoms with E-state index < -0.39 is 0 Å². The maximum absolute atomic E-state index is 5.27. The second kappa shape index (κ2) is 6.97. The zero-order chi connectivity index (χ0) is 12.8. The van der Waals surface area contributed by atoms with Crippen molar-refractivity contribution < 1.29 is 4.42 Å². The second-order valence-electron chi connectivity index (χ2n) is 3.83. The third-order valence-electron chi connectivity index (χ3n) is 2.37. The summed E-state index contributed by atoms with van der Waals surface area (Å²) in [5.41, 5.74) is 1.25. The SMILES string of the molecule is CCCNCc1cc(Br)ccc1Sc1ncco1. The topological polar surface area (TPSA) is 38.1 Å². The monoisotopic (exact) mass is 326 g/mol. The van der Waals surface area contributed by atoms with Crippen molar-refractivity contribution >= 4 is 27.7 Å². The molecule has 0 spiro atoms. The van der Waals surface area contributed by atoms with Crippen molar-refractivity contribution in [1.82, 2.24) is 10.3 Å². The molecular weight excluding hydrogens is 312 g/mol. The van der Waals surface area contributed by atoms with Gasteiger partial charge in [-0.25, -0.2) is 4.98 Å². The third-order valence-corrected chi connectivity index (χ3v) is 3.86. The highest BCUT2D eigenvalue weighted by atomic mass is 79.9. The number of nitrogens with zero attached hydrogens (tertiary/aromatic N) is 1. The fourth-order valence-corrected chi connectivity index (χ4v) is 2.75. The molecule has 0 aliphatic carbocycles. The molecular formula is C13H15BrN2OS. The van der Waals surface area contributed by atoms with Gasteiger partial charge in [-0.3, -0.25) is 0 Å². The summed E-state index contributed by atoms with van der Waals surface area (Å²) in [5, 5.41) is 4.09. The van der Waals surface area contributed by atoms with Gasteiger partial charge in [-0.2, -0.15) is 0 Å². The van der Waals surface area contributed by atoms with Crippen LogP contribution >= 0.6 is 27.7 Å². The summed E-state index contributed by atoms with van der Waals surface area (Å²) in [7, 11) is 0. The average Bonchev–Trinajstić information content (AvgIpc) is 2.86. The Bertz CT molecular complexity index is 488. The quantitative estimate of drug-likeness (QED) is 0.811. The van der Waals surface area contributed by atoms with Crippen LogP contribution < -0.4 is 5.32 Å². The fraction of sp³-hybridized carbons (Fsp3) is 0.308. The van der Waals surface area contributed by atoms with Crippen LogP contribution in [0.5, 0.6) is 0 Å². The molecule has 0 unspecified atom stereocenters. The van der Waals surface area contributed by atoms with Gasteiger partial charge in [0, 0.05) is 15.9 Å². The largest absolute Gasteiger partial charge is 0.440 e. The number of aromatic nitrogens is 1. The van der Waals surface area contributed by atoms with Gasteiger partial charge in [0.25, 0.3) is 5.22 Å². The Balaban J connectivity index is 2.12. The fourth-order valence-electron chi connectivity index (χ4n) is 1.54. The molecule has 18 heavy (non-hydrogen) atoms. The molecule has 2 rings (SSSR count). The zero-order valence-corrected chi connectivity index (χ0v) is 12.6. The lowest BCUT2D eigenvalue weighted by molar-refractivity contribution is 0.454. The lowest BCUT2D eigenvalue weighted by atomic mass is 10.2. The highest BCUT2D eigenvalue weighted by Crippen LogP contribution is 2.31. The lowest BCUT2D eigenvalue weighted by Gasteiger charge is -2.09. The van der Waals surface area contributed by atoms with Crippen LogP contribution in [0, 0.1) is 0 Å². The molecule has 96 valence electrons. The molecule has 0 atom stereocenters. The predicted octanol–water partition coefficient (Wildman–Crippen LogP) is 4.09. The molecule has 5 heteroatoms. The lowest BCUT2D eigenvalue weighted by Crippen LogP contribution is -2.14. The summed E-state index contributed by atoms with van der Waals surface area (Å²) in [6.45, 7) is 4.04. The normalized spacial score (nSPS) is 10.8. The molecule has 0 aliphatic rings. The predicted molar refractivity (Wildman–Crippen MR) is 76.8 cm³/mol. The van der Waals surface area contributed by atoms with Crippen molar-refractivity contribution in [2.75, 3.05) is 6.54 Å². The molecule has 1 heterocycles. The van der Waals surface area contributed by atoms with Crippen LogP contribution in [0.3, 0.4) is 0 Å². The van der Waals surface area contributed by atoms with Crippen LogP contribution in [0.1, 0.15) is 18.9 Å². The minimum atomic E-state index is 0.675. The molecule has 0 aliphatic heterocycles. The van der Waals surface area contributed by atoms with Crippen LogP contribution in [0.2, 0.25) is 0 Å². The highest BCUT2D eigenvalue weighted by molar-refractivity contribution is 9.10. The van der Waals surface area contributed by atoms with E-state index in [0.717, 1.165) is 24.0 Å². The van der Waals surface area contributed by atoms with Gasteiger partial charge in [0.15, 0.2) is 0 Å². The molecule has 0 fully saturated rings. The van der Waals surface area contributed by atoms with Gasteiger partial charge in [0.1, 0.15) is 6.26 Å². The molecule has 0 saturated carbocycles. The summed E-state index contributed by atoms with van der Waals surface area (Å²) in [5.74, 6) is 0. The maximum Gasteiger partial charge on any atom is 0.260 e. The molecule has 1 aromatic heterocycles. The molecule has 3 nitrogen and oxygen atoms in total. The van der Waals surface area contributed by atoms with E-state index in [1.54, 1.807) is 24.2 Å². The van der Waals surface area contributed by atoms with Gasteiger partial charge in [0.2, 0.25) is 0 Å². The number of hydrogen-bond donors (Lipinski definition) is 1. The van der Waals surface area contributed by atoms with Crippen LogP contribution in [-0.2, 0) is 6.54 Å². The summed E-state index contributed by atoms with van der Waals surface area (Å²) in [6.07, 6.45) is 4.39. The van der Waals surface area contributed by atoms with Crippen molar-refractivity contribution in [3.8, 4) is 0 Å². The van der Waals surface area contributed by atoms with Crippen molar-refractivity contribution in [2.45, 2.75) is 30.0 Å². The van der Waals surface area contributed by atoms with Crippen molar-refractivity contribution in [3.63, 3.8) is 0 Å². The van der Waals surface area contributed by atoms with Crippen LogP contribution in [-0.4, -0.2) is 11.5 Å². The van der Waals surface area contributed by atoms with Gasteiger partial charge in [-0.1, -0.05) is 22.9 Å². The Morgan fingerprint density at radius 3 is 3.06 bits per heavy atom. The minimum Gasteiger partial charge on any atom is -0.440 e. The van der Waals surface area contributed by atoms with E-state index in [1.807, 2.05) is 6.07 Å². The standard InChI is InChI=1S/C13H15BrN2OS/c1-2-5-15-9-10-8-11(14)3-4-12(10)18-13-16-6-7-17-13/h3-4,6-8,15H,2,5,9H2,1H3. The number of benzene rings is 1. The zero-order valence-electron chi connectivity index (χ0n) is 10.1. The molecule has 2 aromatic rings. The third kappa shape index (κ3) is 3.86. The first-order valence-electron chi connectivity index (χ1n) is 5.86. The molecule has 0 bridgehead atoms. The van der Waals surface area contributed by atoms with Gasteiger partial charge in [0.05, 0.1) is 6.20 Å². The number of nitrogens with one attached hydrogen (secondary N) is 1. The van der Waals surface area contributed by atoms with Crippen LogP contribution in [0.4, 0.5) is 0 Å². The van der Waals surface area contributed by atoms with E-state index in [4.69, 9.17) is 4.42 Å². The minimum absolute atomic E-state index is 0.675. The van der Waals surface area contributed by atoms with E-state index >= 15 is 0 Å². The Labute approximate surface area is 120 Å². The number of rotatable bonds is 6. The Morgan fingerprint density at radius 2 is 2.33 bits per heavy atom. The molecule has 0 amide bonds. The van der Waals surface area contributed by atoms with E-state index in [-0.39, 0.29) is 0 Å². The van der Waals surface area contributed by atoms with Crippen LogP contribution in [0.15, 0.2) is 49.7 Å². The van der Waals surface area contributed by atoms with Gasteiger partial charge < -0.3 is 9.73 Å². The van der Waals surface area contributed by atoms with Gasteiger partial charge in [-0.05, 0) is 48.5 Å². The Hall–Kier alpha value is -0.780. The summed E-state index contributed by atoms with van der Waals surface area (Å²) >= 11 is 5.06. The molecule has 0 radical (unpaired) electrons. The summed E-state index contributed by atoms with van der Waals surface area (Å²) in [4.78, 5) is 5.31. The number of halogens is 1. The molecule has 1 N–H and O–H groups in total. The summed E-state index contributed by atoms with van der Waals surface area (Å²) in [6, 6.07) is 6.25. The molecule has 0 saturated heterocycles. The van der Waals surface area contributed by atoms with E-state index in [9.17, 15) is 0 Å². The van der Waals surface area contributed by atoms with E-state index in [1.165, 1.54) is 10.5 Å². The van der Waals surface area contributed by atoms with Crippen molar-refractivity contribution in [1.29, 1.82) is 0 Å². The van der Waals surface area contributed by atoms with Crippen molar-refractivity contribution in [3.05, 3.63) is 40.7 Å². The maximum atomic E-state index is 5.27. The van der Waals surface area contributed by atoms with E-state index in [0.29, 0.717) is 5.22 Å². The second-order valence-corrected chi connectivity index (χ2v) is 5.74. The number of hydrogen-bond acceptors (Lipinski definition) is 4. The van der Waals surface area contributed by atoms with Crippen molar-refractivity contribution in [2.24, 2.45) is 0 Å². The first kappa shape index (κ1) is 13.6. The van der Waals surface area contributed by atoms with E-state index in [2.05, 4.69) is 45.3 Å². The molecule has 1 aromatic carbocycles. The highest BCUT2D eigenvalue weighted by Gasteiger charge is 2.07. The van der Waals surface area contributed by atoms with Gasteiger partial charge in [-0.15, -0.1) is 0 Å². The smallest absolute Gasteiger partial charge is 0.260 e. The first-order chi connectivity index (χ1) is 8.79. The first-order valence-corrected chi connectivity index (χ1v) is 7.47. The van der Waals surface area contributed by atoms with Crippen LogP contribution in [0.25, 0.3) is 0 Å². The number of oxazole rings is 1.